The van der Waals surface area contributed by atoms with E-state index in [9.17, 15) is 9.59 Å². The first-order valence-corrected chi connectivity index (χ1v) is 10.3. The Labute approximate surface area is 172 Å². The molecule has 1 aromatic heterocycles. The van der Waals surface area contributed by atoms with Crippen LogP contribution in [0.25, 0.3) is 0 Å². The number of carbonyl (C=O) groups excluding carboxylic acids is 2. The van der Waals surface area contributed by atoms with Crippen molar-refractivity contribution in [3.63, 3.8) is 0 Å². The first-order chi connectivity index (χ1) is 13.5. The van der Waals surface area contributed by atoms with Gasteiger partial charge in [-0.3, -0.25) is 9.59 Å². The molecule has 10 nitrogen and oxygen atoms in total. The lowest BCUT2D eigenvalue weighted by Gasteiger charge is -2.36. The van der Waals surface area contributed by atoms with Crippen LogP contribution in [0.15, 0.2) is 11.6 Å². The number of amides is 2. The van der Waals surface area contributed by atoms with Gasteiger partial charge in [0.2, 0.25) is 5.91 Å². The zero-order chi connectivity index (χ0) is 21.0. The molecule has 0 aliphatic carbocycles. The number of fused-ring (bicyclic) bond motifs is 3. The summed E-state index contributed by atoms with van der Waals surface area (Å²) >= 11 is 1.29. The van der Waals surface area contributed by atoms with Crippen LogP contribution >= 0.6 is 11.3 Å². The molecule has 160 valence electrons. The third-order valence-electron chi connectivity index (χ3n) is 4.83. The summed E-state index contributed by atoms with van der Waals surface area (Å²) in [5.41, 5.74) is 0. The first-order valence-electron chi connectivity index (χ1n) is 9.42. The smallest absolute Gasteiger partial charge is 0.252 e. The standard InChI is InChI=1S/C18H25N3O7S/c1-8(13(22)21-16-19-6-7-29-16)20-14(23)11-9-10(26-17(2,3)25-9)12-15(24-11)28-18(4,5)27-12/h6-12,15H,1-5H3,(H,20,23)(H,19,21,22)/t8-,9+,10+,11+,12+,15-/m1/s1. The number of thiazole rings is 1. The maximum atomic E-state index is 13.0. The lowest BCUT2D eigenvalue weighted by Crippen LogP contribution is -2.60. The number of hydrogen-bond donors (Lipinski definition) is 2. The zero-order valence-corrected chi connectivity index (χ0v) is 17.6. The average molecular weight is 427 g/mol. The highest BCUT2D eigenvalue weighted by Gasteiger charge is 2.62. The molecule has 0 aromatic carbocycles. The second-order valence-corrected chi connectivity index (χ2v) is 9.04. The molecule has 11 heteroatoms. The molecule has 29 heavy (non-hydrogen) atoms. The van der Waals surface area contributed by atoms with Gasteiger partial charge in [-0.1, -0.05) is 0 Å². The van der Waals surface area contributed by atoms with E-state index in [1.54, 1.807) is 46.2 Å². The van der Waals surface area contributed by atoms with Crippen molar-refractivity contribution in [2.45, 2.75) is 82.9 Å². The highest BCUT2D eigenvalue weighted by molar-refractivity contribution is 7.13. The number of ether oxygens (including phenoxy) is 5. The molecule has 0 saturated carbocycles. The van der Waals surface area contributed by atoms with Crippen molar-refractivity contribution in [1.29, 1.82) is 0 Å². The largest absolute Gasteiger partial charge is 0.342 e. The fourth-order valence-electron chi connectivity index (χ4n) is 3.68. The van der Waals surface area contributed by atoms with E-state index in [0.29, 0.717) is 5.13 Å². The van der Waals surface area contributed by atoms with Crippen LogP contribution in [0.1, 0.15) is 34.6 Å². The Hall–Kier alpha value is -1.63. The van der Waals surface area contributed by atoms with Gasteiger partial charge in [0.15, 0.2) is 29.1 Å². The fraction of sp³-hybridized carbons (Fsp3) is 0.722. The Morgan fingerprint density at radius 1 is 1.07 bits per heavy atom. The summed E-state index contributed by atoms with van der Waals surface area (Å²) in [7, 11) is 0. The third-order valence-corrected chi connectivity index (χ3v) is 5.52. The lowest BCUT2D eigenvalue weighted by molar-refractivity contribution is -0.231. The summed E-state index contributed by atoms with van der Waals surface area (Å²) in [4.78, 5) is 29.3. The van der Waals surface area contributed by atoms with Gasteiger partial charge in [-0.05, 0) is 34.6 Å². The molecule has 3 fully saturated rings. The molecular formula is C18H25N3O7S. The van der Waals surface area contributed by atoms with Crippen LogP contribution in [-0.2, 0) is 33.3 Å². The number of carbonyl (C=O) groups is 2. The maximum absolute atomic E-state index is 13.0. The molecule has 2 amide bonds. The van der Waals surface area contributed by atoms with Crippen molar-refractivity contribution in [2.75, 3.05) is 5.32 Å². The molecule has 3 saturated heterocycles. The van der Waals surface area contributed by atoms with Gasteiger partial charge < -0.3 is 34.3 Å². The van der Waals surface area contributed by atoms with Crippen LogP contribution in [-0.4, -0.2) is 65.1 Å². The minimum atomic E-state index is -1.02. The van der Waals surface area contributed by atoms with Crippen molar-refractivity contribution >= 4 is 28.3 Å². The van der Waals surface area contributed by atoms with Crippen molar-refractivity contribution in [2.24, 2.45) is 0 Å². The first kappa shape index (κ1) is 20.6. The number of anilines is 1. The SMILES string of the molecule is C[C@@H](NC(=O)[C@H]1O[C@@H]2OC(C)(C)O[C@H]2[C@H]2OC(C)(C)O[C@@H]21)C(=O)Nc1nccs1. The van der Waals surface area contributed by atoms with Crippen LogP contribution in [0.2, 0.25) is 0 Å². The molecule has 2 N–H and O–H groups in total. The Kier molecular flexibility index (Phi) is 5.16. The third kappa shape index (κ3) is 4.16. The quantitative estimate of drug-likeness (QED) is 0.730. The number of aromatic nitrogens is 1. The molecule has 0 bridgehead atoms. The molecule has 6 atom stereocenters. The van der Waals surface area contributed by atoms with E-state index in [0.717, 1.165) is 0 Å². The van der Waals surface area contributed by atoms with E-state index >= 15 is 0 Å². The molecule has 0 unspecified atom stereocenters. The highest BCUT2D eigenvalue weighted by atomic mass is 32.1. The monoisotopic (exact) mass is 427 g/mol. The predicted octanol–water partition coefficient (Wildman–Crippen LogP) is 0.983. The summed E-state index contributed by atoms with van der Waals surface area (Å²) < 4.78 is 29.5. The Morgan fingerprint density at radius 3 is 2.41 bits per heavy atom. The van der Waals surface area contributed by atoms with Gasteiger partial charge in [0, 0.05) is 11.6 Å². The highest BCUT2D eigenvalue weighted by Crippen LogP contribution is 2.44. The molecule has 1 aromatic rings. The van der Waals surface area contributed by atoms with Gasteiger partial charge in [-0.25, -0.2) is 4.98 Å². The lowest BCUT2D eigenvalue weighted by atomic mass is 9.98. The summed E-state index contributed by atoms with van der Waals surface area (Å²) in [5.74, 6) is -2.66. The number of rotatable bonds is 4. The van der Waals surface area contributed by atoms with Crippen LogP contribution in [0.5, 0.6) is 0 Å². The molecule has 4 rings (SSSR count). The Bertz CT molecular complexity index is 784. The van der Waals surface area contributed by atoms with E-state index in [-0.39, 0.29) is 5.91 Å². The van der Waals surface area contributed by atoms with Crippen molar-refractivity contribution in [3.8, 4) is 0 Å². The summed E-state index contributed by atoms with van der Waals surface area (Å²) in [5, 5.41) is 7.53. The maximum Gasteiger partial charge on any atom is 0.252 e. The van der Waals surface area contributed by atoms with Crippen LogP contribution in [0, 0.1) is 0 Å². The predicted molar refractivity (Wildman–Crippen MR) is 101 cm³/mol. The van der Waals surface area contributed by atoms with Gasteiger partial charge in [0.1, 0.15) is 24.4 Å². The number of nitrogens with one attached hydrogen (secondary N) is 2. The molecule has 3 aliphatic heterocycles. The van der Waals surface area contributed by atoms with E-state index in [2.05, 4.69) is 15.6 Å². The van der Waals surface area contributed by atoms with Gasteiger partial charge >= 0.3 is 0 Å². The summed E-state index contributed by atoms with van der Waals surface area (Å²) in [6.45, 7) is 8.65. The van der Waals surface area contributed by atoms with Crippen LogP contribution < -0.4 is 10.6 Å². The number of nitrogens with zero attached hydrogens (tertiary/aromatic N) is 1. The molecule has 3 aliphatic rings. The topological polar surface area (TPSA) is 117 Å². The van der Waals surface area contributed by atoms with E-state index < -0.39 is 54.2 Å². The summed E-state index contributed by atoms with van der Waals surface area (Å²) in [6.07, 6.45) is -1.97. The Morgan fingerprint density at radius 2 is 1.72 bits per heavy atom. The van der Waals surface area contributed by atoms with Crippen LogP contribution in [0.3, 0.4) is 0 Å². The molecule has 4 heterocycles. The van der Waals surface area contributed by atoms with Crippen LogP contribution in [0.4, 0.5) is 5.13 Å². The van der Waals surface area contributed by atoms with Crippen molar-refractivity contribution < 1.29 is 33.3 Å². The fourth-order valence-corrected chi connectivity index (χ4v) is 4.22. The van der Waals surface area contributed by atoms with Gasteiger partial charge in [-0.15, -0.1) is 11.3 Å². The Balaban J connectivity index is 1.46. The van der Waals surface area contributed by atoms with E-state index in [1.807, 2.05) is 0 Å². The minimum absolute atomic E-state index is 0.385. The molecular weight excluding hydrogens is 402 g/mol. The second kappa shape index (κ2) is 7.25. The zero-order valence-electron chi connectivity index (χ0n) is 16.8. The number of hydrogen-bond acceptors (Lipinski definition) is 9. The van der Waals surface area contributed by atoms with Gasteiger partial charge in [-0.2, -0.15) is 0 Å². The summed E-state index contributed by atoms with van der Waals surface area (Å²) in [6, 6.07) is -0.807. The van der Waals surface area contributed by atoms with Crippen molar-refractivity contribution in [1.82, 2.24) is 10.3 Å². The van der Waals surface area contributed by atoms with Gasteiger partial charge in [0.05, 0.1) is 0 Å². The minimum Gasteiger partial charge on any atom is -0.342 e. The second-order valence-electron chi connectivity index (χ2n) is 8.15. The molecule has 0 spiro atoms. The average Bonchev–Trinajstić information content (AvgIpc) is 3.29. The van der Waals surface area contributed by atoms with Gasteiger partial charge in [0.25, 0.3) is 5.91 Å². The van der Waals surface area contributed by atoms with E-state index in [1.165, 1.54) is 11.3 Å². The normalized spacial score (nSPS) is 35.4. The van der Waals surface area contributed by atoms with E-state index in [4.69, 9.17) is 23.7 Å². The molecule has 0 radical (unpaired) electrons. The van der Waals surface area contributed by atoms with Crippen molar-refractivity contribution in [3.05, 3.63) is 11.6 Å².